The number of carbonyl (C=O) groups is 1. The summed E-state index contributed by atoms with van der Waals surface area (Å²) in [6.07, 6.45) is 4.94. The Balaban J connectivity index is 1.28. The van der Waals surface area contributed by atoms with E-state index in [0.29, 0.717) is 28.3 Å². The fourth-order valence-corrected chi connectivity index (χ4v) is 4.77. The van der Waals surface area contributed by atoms with Gasteiger partial charge in [0.2, 0.25) is 0 Å². The zero-order chi connectivity index (χ0) is 22.0. The van der Waals surface area contributed by atoms with Gasteiger partial charge in [0.25, 0.3) is 0 Å². The van der Waals surface area contributed by atoms with Gasteiger partial charge < -0.3 is 14.7 Å². The Morgan fingerprint density at radius 1 is 1.06 bits per heavy atom. The molecule has 2 aromatic rings. The van der Waals surface area contributed by atoms with Gasteiger partial charge >= 0.3 is 5.97 Å². The monoisotopic (exact) mass is 465 g/mol. The Hall–Kier alpha value is -1.82. The third kappa shape index (κ3) is 5.91. The number of nitrogens with zero attached hydrogens (tertiary/aromatic N) is 1. The summed E-state index contributed by atoms with van der Waals surface area (Å²) in [6.45, 7) is 3.47. The average molecular weight is 466 g/mol. The van der Waals surface area contributed by atoms with Crippen molar-refractivity contribution in [1.29, 1.82) is 0 Å². The van der Waals surface area contributed by atoms with Crippen LogP contribution in [0.25, 0.3) is 0 Å². The van der Waals surface area contributed by atoms with Gasteiger partial charge in [-0.3, -0.25) is 0 Å². The standard InChI is InChI=1S/C24H26Cl2FNO3/c25-18-9-16(10-19(26)11-18)5-8-28-6-3-15(4-7-28)14-31-23-13-22(27)21(24(29)30)12-20(23)17-1-2-17/h9-13,15,17H,1-8,14H2,(H,29,30). The van der Waals surface area contributed by atoms with E-state index < -0.39 is 11.8 Å². The molecule has 1 saturated carbocycles. The van der Waals surface area contributed by atoms with Crippen molar-refractivity contribution in [1.82, 2.24) is 4.90 Å². The summed E-state index contributed by atoms with van der Waals surface area (Å²) in [5, 5.41) is 10.5. The second-order valence-electron chi connectivity index (χ2n) is 8.57. The Kier molecular flexibility index (Phi) is 7.05. The molecule has 0 unspecified atom stereocenters. The van der Waals surface area contributed by atoms with Crippen LogP contribution in [0.1, 0.15) is 53.1 Å². The van der Waals surface area contributed by atoms with E-state index in [0.717, 1.165) is 62.9 Å². The molecule has 1 aliphatic carbocycles. The maximum atomic E-state index is 14.2. The number of halogens is 3. The van der Waals surface area contributed by atoms with Crippen LogP contribution in [0.15, 0.2) is 30.3 Å². The first-order valence-corrected chi connectivity index (χ1v) is 11.5. The van der Waals surface area contributed by atoms with E-state index in [1.807, 2.05) is 12.1 Å². The second kappa shape index (κ2) is 9.76. The van der Waals surface area contributed by atoms with Gasteiger partial charge in [0.15, 0.2) is 0 Å². The smallest absolute Gasteiger partial charge is 0.338 e. The molecule has 0 amide bonds. The summed E-state index contributed by atoms with van der Waals surface area (Å²) < 4.78 is 20.2. The Morgan fingerprint density at radius 2 is 1.74 bits per heavy atom. The SMILES string of the molecule is O=C(O)c1cc(C2CC2)c(OCC2CCN(CCc3cc(Cl)cc(Cl)c3)CC2)cc1F. The number of aromatic carboxylic acids is 1. The lowest BCUT2D eigenvalue weighted by molar-refractivity contribution is 0.0691. The normalized spacial score (nSPS) is 17.6. The highest BCUT2D eigenvalue weighted by Crippen LogP contribution is 2.45. The largest absolute Gasteiger partial charge is 0.493 e. The molecule has 4 rings (SSSR count). The summed E-state index contributed by atoms with van der Waals surface area (Å²) in [5.41, 5.74) is 1.70. The van der Waals surface area contributed by atoms with Crippen molar-refractivity contribution in [3.63, 3.8) is 0 Å². The number of rotatable bonds is 8. The minimum absolute atomic E-state index is 0.274. The predicted molar refractivity (Wildman–Crippen MR) is 120 cm³/mol. The predicted octanol–water partition coefficient (Wildman–Crippen LogP) is 6.04. The van der Waals surface area contributed by atoms with Crippen molar-refractivity contribution in [2.75, 3.05) is 26.2 Å². The minimum atomic E-state index is -1.24. The molecule has 166 valence electrons. The molecule has 0 aromatic heterocycles. The molecule has 7 heteroatoms. The van der Waals surface area contributed by atoms with Gasteiger partial charge in [0, 0.05) is 22.7 Å². The maximum absolute atomic E-state index is 14.2. The van der Waals surface area contributed by atoms with E-state index in [9.17, 15) is 14.3 Å². The van der Waals surface area contributed by atoms with Crippen LogP contribution in [0.5, 0.6) is 5.75 Å². The molecule has 0 atom stereocenters. The van der Waals surface area contributed by atoms with Crippen molar-refractivity contribution >= 4 is 29.2 Å². The first-order valence-electron chi connectivity index (χ1n) is 10.8. The van der Waals surface area contributed by atoms with Gasteiger partial charge in [-0.05, 0) is 92.4 Å². The summed E-state index contributed by atoms with van der Waals surface area (Å²) in [7, 11) is 0. The van der Waals surface area contributed by atoms with Crippen molar-refractivity contribution in [2.24, 2.45) is 5.92 Å². The lowest BCUT2D eigenvalue weighted by Crippen LogP contribution is -2.36. The Labute approximate surface area is 191 Å². The number of benzene rings is 2. The van der Waals surface area contributed by atoms with Gasteiger partial charge in [-0.2, -0.15) is 0 Å². The lowest BCUT2D eigenvalue weighted by atomic mass is 9.97. The highest BCUT2D eigenvalue weighted by Gasteiger charge is 2.30. The van der Waals surface area contributed by atoms with E-state index in [1.165, 1.54) is 12.1 Å². The third-order valence-corrected chi connectivity index (χ3v) is 6.60. The second-order valence-corrected chi connectivity index (χ2v) is 9.45. The molecule has 31 heavy (non-hydrogen) atoms. The molecule has 1 heterocycles. The van der Waals surface area contributed by atoms with Crippen LogP contribution in [0.3, 0.4) is 0 Å². The van der Waals surface area contributed by atoms with Crippen molar-refractivity contribution in [3.05, 3.63) is 62.9 Å². The van der Waals surface area contributed by atoms with E-state index >= 15 is 0 Å². The molecule has 4 nitrogen and oxygen atoms in total. The number of piperidine rings is 1. The van der Waals surface area contributed by atoms with E-state index in [1.54, 1.807) is 6.07 Å². The van der Waals surface area contributed by atoms with Gasteiger partial charge in [0.1, 0.15) is 11.6 Å². The van der Waals surface area contributed by atoms with Crippen LogP contribution < -0.4 is 4.74 Å². The molecule has 1 saturated heterocycles. The minimum Gasteiger partial charge on any atom is -0.493 e. The van der Waals surface area contributed by atoms with Crippen molar-refractivity contribution in [3.8, 4) is 5.75 Å². The van der Waals surface area contributed by atoms with Gasteiger partial charge in [-0.25, -0.2) is 9.18 Å². The van der Waals surface area contributed by atoms with Crippen molar-refractivity contribution in [2.45, 2.75) is 38.0 Å². The molecule has 2 aromatic carbocycles. The maximum Gasteiger partial charge on any atom is 0.338 e. The molecule has 0 spiro atoms. The van der Waals surface area contributed by atoms with Crippen LogP contribution in [0.4, 0.5) is 4.39 Å². The van der Waals surface area contributed by atoms with Gasteiger partial charge in [-0.15, -0.1) is 0 Å². The summed E-state index contributed by atoms with van der Waals surface area (Å²) >= 11 is 12.2. The molecule has 2 fully saturated rings. The molecule has 1 aliphatic heterocycles. The number of ether oxygens (including phenoxy) is 1. The number of likely N-dealkylation sites (tertiary alicyclic amines) is 1. The van der Waals surface area contributed by atoms with Gasteiger partial charge in [0.05, 0.1) is 12.2 Å². The molecular formula is C24H26Cl2FNO3. The average Bonchev–Trinajstić information content (AvgIpc) is 3.56. The topological polar surface area (TPSA) is 49.8 Å². The zero-order valence-electron chi connectivity index (χ0n) is 17.3. The van der Waals surface area contributed by atoms with Crippen LogP contribution in [-0.4, -0.2) is 42.2 Å². The first kappa shape index (κ1) is 22.4. The molecular weight excluding hydrogens is 440 g/mol. The molecule has 2 aliphatic rings. The van der Waals surface area contributed by atoms with Crippen LogP contribution in [0.2, 0.25) is 10.0 Å². The van der Waals surface area contributed by atoms with Crippen LogP contribution in [-0.2, 0) is 6.42 Å². The fraction of sp³-hybridized carbons (Fsp3) is 0.458. The Bertz CT molecular complexity index is 936. The number of carboxylic acids is 1. The van der Waals surface area contributed by atoms with Crippen LogP contribution >= 0.6 is 23.2 Å². The van der Waals surface area contributed by atoms with E-state index in [2.05, 4.69) is 4.90 Å². The van der Waals surface area contributed by atoms with E-state index in [-0.39, 0.29) is 11.5 Å². The highest BCUT2D eigenvalue weighted by atomic mass is 35.5. The van der Waals surface area contributed by atoms with E-state index in [4.69, 9.17) is 27.9 Å². The number of carboxylic acid groups (broad SMARTS) is 1. The first-order chi connectivity index (χ1) is 14.9. The summed E-state index contributed by atoms with van der Waals surface area (Å²) in [6, 6.07) is 8.37. The number of hydrogen-bond donors (Lipinski definition) is 1. The molecule has 0 radical (unpaired) electrons. The van der Waals surface area contributed by atoms with Crippen LogP contribution in [0, 0.1) is 11.7 Å². The third-order valence-electron chi connectivity index (χ3n) is 6.17. The van der Waals surface area contributed by atoms with Crippen molar-refractivity contribution < 1.29 is 19.0 Å². The number of hydrogen-bond acceptors (Lipinski definition) is 3. The molecule has 1 N–H and O–H groups in total. The summed E-state index contributed by atoms with van der Waals surface area (Å²) in [4.78, 5) is 13.7. The quantitative estimate of drug-likeness (QED) is 0.515. The summed E-state index contributed by atoms with van der Waals surface area (Å²) in [5.74, 6) is -0.770. The van der Waals surface area contributed by atoms with Gasteiger partial charge in [-0.1, -0.05) is 23.2 Å². The Morgan fingerprint density at radius 3 is 2.35 bits per heavy atom. The zero-order valence-corrected chi connectivity index (χ0v) is 18.8. The lowest BCUT2D eigenvalue weighted by Gasteiger charge is -2.32. The fourth-order valence-electron chi connectivity index (χ4n) is 4.20. The molecule has 0 bridgehead atoms. The highest BCUT2D eigenvalue weighted by molar-refractivity contribution is 6.34.